The largest absolute Gasteiger partial charge is 0.416 e. The van der Waals surface area contributed by atoms with Gasteiger partial charge in [-0.05, 0) is 87.1 Å². The second-order valence-corrected chi connectivity index (χ2v) is 16.7. The molecular weight excluding hydrogens is 910 g/mol. The summed E-state index contributed by atoms with van der Waals surface area (Å²) in [5.74, 6) is -0.244. The van der Waals surface area contributed by atoms with Gasteiger partial charge in [0.05, 0.1) is 40.9 Å². The van der Waals surface area contributed by atoms with Crippen molar-refractivity contribution in [3.8, 4) is 33.9 Å². The number of hydrogen-bond donors (Lipinski definition) is 6. The second-order valence-electron chi connectivity index (χ2n) is 16.4. The van der Waals surface area contributed by atoms with Crippen molar-refractivity contribution in [2.24, 2.45) is 7.05 Å². The van der Waals surface area contributed by atoms with Crippen LogP contribution in [0.4, 0.5) is 37.7 Å². The normalized spacial score (nSPS) is 14.9. The standard InChI is InChI=1S/C24H24F3N7O2.C20H19ClF3N5O2/c1-13-9-14(3-6-16(13)23(36)31-15-4-5-15)20-11-29-22-18(28-12-21(35)24(25,26)27)10-17(32-34(20)22)19-7-8-30-33(19)2;1-10-6-11(2-5-13(10)19(31)27-12-3-4-12)15-8-26-18-14(7-17(21)28-29(15)18)25-9-16(30)20(22,23)24/h3,6-11,15,21,28,35H,4-5,12H2,1-2H3,(H,31,36);2,5-8,12,16,25,30H,3-4,9H2,1H3,(H,27,31). The Kier molecular flexibility index (Phi) is 12.9. The van der Waals surface area contributed by atoms with Crippen LogP contribution < -0.4 is 21.3 Å². The number of anilines is 2. The van der Waals surface area contributed by atoms with E-state index in [9.17, 15) is 46.1 Å². The van der Waals surface area contributed by atoms with Crippen molar-refractivity contribution in [1.82, 2.24) is 49.6 Å². The maximum absolute atomic E-state index is 12.9. The topological polar surface area (TPSA) is 201 Å². The number of halogens is 7. The number of aromatic nitrogens is 8. The number of aryl methyl sites for hydroxylation is 3. The molecule has 2 fully saturated rings. The number of carbonyl (C=O) groups excluding carboxylic acids is 2. The average Bonchev–Trinajstić information content (AvgIpc) is 4.13. The quantitative estimate of drug-likeness (QED) is 0.0656. The predicted octanol–water partition coefficient (Wildman–Crippen LogP) is 6.92. The molecule has 0 spiro atoms. The van der Waals surface area contributed by atoms with Crippen molar-refractivity contribution in [2.45, 2.75) is 76.2 Å². The van der Waals surface area contributed by atoms with Crippen LogP contribution >= 0.6 is 11.6 Å². The van der Waals surface area contributed by atoms with Crippen molar-refractivity contribution >= 4 is 46.1 Å². The number of nitrogens with one attached hydrogen (secondary N) is 4. The van der Waals surface area contributed by atoms with Crippen molar-refractivity contribution in [3.63, 3.8) is 0 Å². The number of aliphatic hydroxyl groups excluding tert-OH is 2. The van der Waals surface area contributed by atoms with E-state index in [2.05, 4.69) is 46.5 Å². The zero-order chi connectivity index (χ0) is 47.9. The Morgan fingerprint density at radius 3 is 1.58 bits per heavy atom. The van der Waals surface area contributed by atoms with Crippen molar-refractivity contribution < 1.29 is 46.1 Å². The van der Waals surface area contributed by atoms with Crippen LogP contribution in [0.2, 0.25) is 5.15 Å². The highest BCUT2D eigenvalue weighted by molar-refractivity contribution is 6.29. The third-order valence-electron chi connectivity index (χ3n) is 11.1. The second kappa shape index (κ2) is 18.5. The maximum atomic E-state index is 12.9. The van der Waals surface area contributed by atoms with Gasteiger partial charge in [-0.3, -0.25) is 14.3 Å². The number of benzene rings is 2. The van der Waals surface area contributed by atoms with Gasteiger partial charge in [-0.1, -0.05) is 23.7 Å². The summed E-state index contributed by atoms with van der Waals surface area (Å²) in [7, 11) is 1.73. The first kappa shape index (κ1) is 46.7. The highest BCUT2D eigenvalue weighted by atomic mass is 35.5. The lowest BCUT2D eigenvalue weighted by molar-refractivity contribution is -0.199. The fourth-order valence-corrected chi connectivity index (χ4v) is 7.28. The lowest BCUT2D eigenvalue weighted by Crippen LogP contribution is -2.35. The average molecular weight is 953 g/mol. The molecule has 0 aliphatic heterocycles. The van der Waals surface area contributed by atoms with Crippen LogP contribution in [0.5, 0.6) is 0 Å². The molecule has 0 bridgehead atoms. The summed E-state index contributed by atoms with van der Waals surface area (Å²) < 4.78 is 81.0. The van der Waals surface area contributed by atoms with Crippen LogP contribution in [-0.2, 0) is 7.05 Å². The van der Waals surface area contributed by atoms with Gasteiger partial charge in [0.15, 0.2) is 28.7 Å². The summed E-state index contributed by atoms with van der Waals surface area (Å²) in [6.45, 7) is 2.15. The Hall–Kier alpha value is -6.78. The van der Waals surface area contributed by atoms with Crippen LogP contribution in [0.25, 0.3) is 45.2 Å². The minimum Gasteiger partial charge on any atom is -0.382 e. The highest BCUT2D eigenvalue weighted by Gasteiger charge is 2.39. The van der Waals surface area contributed by atoms with E-state index < -0.39 is 37.7 Å². The maximum Gasteiger partial charge on any atom is 0.416 e. The van der Waals surface area contributed by atoms with Gasteiger partial charge in [0.25, 0.3) is 11.8 Å². The smallest absolute Gasteiger partial charge is 0.382 e. The number of imidazole rings is 2. The number of fused-ring (bicyclic) bond motifs is 2. The Bertz CT molecular complexity index is 2980. The molecule has 2 aromatic carbocycles. The molecule has 2 saturated carbocycles. The first-order chi connectivity index (χ1) is 31.7. The van der Waals surface area contributed by atoms with E-state index in [-0.39, 0.29) is 46.1 Å². The van der Waals surface area contributed by atoms with E-state index in [1.54, 1.807) is 60.5 Å². The fourth-order valence-electron chi connectivity index (χ4n) is 7.09. The van der Waals surface area contributed by atoms with Gasteiger partial charge in [0, 0.05) is 66.7 Å². The summed E-state index contributed by atoms with van der Waals surface area (Å²) in [5, 5.41) is 42.9. The first-order valence-electron chi connectivity index (χ1n) is 21.0. The van der Waals surface area contributed by atoms with Gasteiger partial charge in [0.2, 0.25) is 0 Å². The molecule has 0 radical (unpaired) electrons. The SMILES string of the molecule is Cc1cc(-c2cnc3c(NCC(O)C(F)(F)F)cc(-c4ccnn4C)nn23)ccc1C(=O)NC1CC1.Cc1cc(-c2cnc3c(NCC(O)C(F)(F)F)cc(Cl)nn23)ccc1C(=O)NC1CC1. The molecular formula is C44H43ClF6N12O4. The number of carbonyl (C=O) groups is 2. The van der Waals surface area contributed by atoms with Crippen LogP contribution in [-0.4, -0.2) is 111 Å². The van der Waals surface area contributed by atoms with Gasteiger partial charge in [-0.25, -0.2) is 19.0 Å². The molecule has 67 heavy (non-hydrogen) atoms. The van der Waals surface area contributed by atoms with Crippen molar-refractivity contribution in [3.05, 3.63) is 101 Å². The monoisotopic (exact) mass is 952 g/mol. The number of hydrogen-bond acceptors (Lipinski definition) is 11. The van der Waals surface area contributed by atoms with Gasteiger partial charge in [-0.15, -0.1) is 0 Å². The summed E-state index contributed by atoms with van der Waals surface area (Å²) in [4.78, 5) is 33.5. The van der Waals surface area contributed by atoms with Crippen LogP contribution in [0.1, 0.15) is 57.5 Å². The molecule has 2 aliphatic carbocycles. The van der Waals surface area contributed by atoms with E-state index in [0.29, 0.717) is 45.1 Å². The van der Waals surface area contributed by atoms with Gasteiger partial charge >= 0.3 is 12.4 Å². The molecule has 6 N–H and O–H groups in total. The zero-order valence-corrected chi connectivity index (χ0v) is 36.7. The molecule has 16 nitrogen and oxygen atoms in total. The van der Waals surface area contributed by atoms with Crippen molar-refractivity contribution in [1.29, 1.82) is 0 Å². The van der Waals surface area contributed by atoms with Gasteiger partial charge in [0.1, 0.15) is 5.69 Å². The Labute approximate surface area is 382 Å². The highest BCUT2D eigenvalue weighted by Crippen LogP contribution is 2.32. The molecule has 5 aromatic heterocycles. The lowest BCUT2D eigenvalue weighted by atomic mass is 10.0. The minimum atomic E-state index is -4.76. The predicted molar refractivity (Wildman–Crippen MR) is 236 cm³/mol. The molecule has 9 rings (SSSR count). The van der Waals surface area contributed by atoms with Gasteiger partial charge in [-0.2, -0.15) is 41.6 Å². The summed E-state index contributed by atoms with van der Waals surface area (Å²) >= 11 is 6.06. The molecule has 5 heterocycles. The Morgan fingerprint density at radius 1 is 0.701 bits per heavy atom. The lowest BCUT2D eigenvalue weighted by Gasteiger charge is -2.17. The molecule has 23 heteroatoms. The third kappa shape index (κ3) is 10.6. The third-order valence-corrected chi connectivity index (χ3v) is 11.3. The number of alkyl halides is 6. The van der Waals surface area contributed by atoms with E-state index in [4.69, 9.17) is 11.6 Å². The molecule has 2 amide bonds. The van der Waals surface area contributed by atoms with Gasteiger partial charge < -0.3 is 31.5 Å². The summed E-state index contributed by atoms with van der Waals surface area (Å²) in [6, 6.07) is 15.8. The van der Waals surface area contributed by atoms with Crippen LogP contribution in [0, 0.1) is 13.8 Å². The first-order valence-corrected chi connectivity index (χ1v) is 21.4. The molecule has 2 aliphatic rings. The number of rotatable bonds is 13. The zero-order valence-electron chi connectivity index (χ0n) is 35.9. The molecule has 7 aromatic rings. The van der Waals surface area contributed by atoms with E-state index >= 15 is 0 Å². The Balaban J connectivity index is 0.000000184. The molecule has 2 atom stereocenters. The van der Waals surface area contributed by atoms with E-state index in [0.717, 1.165) is 42.4 Å². The van der Waals surface area contributed by atoms with Crippen molar-refractivity contribution in [2.75, 3.05) is 23.7 Å². The summed E-state index contributed by atoms with van der Waals surface area (Å²) in [6.07, 6.45) is -5.94. The van der Waals surface area contributed by atoms with E-state index in [1.807, 2.05) is 26.0 Å². The van der Waals surface area contributed by atoms with Crippen LogP contribution in [0.15, 0.2) is 73.2 Å². The fraction of sp³-hybridized carbons (Fsp3) is 0.341. The molecule has 352 valence electrons. The Morgan fingerprint density at radius 2 is 1.16 bits per heavy atom. The minimum absolute atomic E-state index is 0.0351. The molecule has 2 unspecified atom stereocenters. The van der Waals surface area contributed by atoms with Crippen LogP contribution in [0.3, 0.4) is 0 Å². The molecule has 0 saturated heterocycles. The van der Waals surface area contributed by atoms with E-state index in [1.165, 1.54) is 21.3 Å². The number of amides is 2. The summed E-state index contributed by atoms with van der Waals surface area (Å²) in [5.41, 5.74) is 7.37. The number of aliphatic hydroxyl groups is 2. The number of nitrogens with zero attached hydrogens (tertiary/aromatic N) is 8.